The van der Waals surface area contributed by atoms with Gasteiger partial charge in [0.05, 0.1) is 15.9 Å². The molecule has 0 aromatic rings. The molecular weight excluding hydrogens is 233 g/mol. The van der Waals surface area contributed by atoms with Crippen LogP contribution in [0, 0.1) is 0 Å². The van der Waals surface area contributed by atoms with Crippen LogP contribution in [0.2, 0.25) is 0 Å². The fourth-order valence-corrected chi connectivity index (χ4v) is 1.58. The molecule has 0 saturated heterocycles. The zero-order valence-corrected chi connectivity index (χ0v) is 12.3. The molecule has 0 heterocycles. The van der Waals surface area contributed by atoms with Gasteiger partial charge in [0.25, 0.3) is 0 Å². The van der Waals surface area contributed by atoms with Crippen molar-refractivity contribution >= 4 is 16.0 Å². The molecule has 0 aromatic heterocycles. The summed E-state index contributed by atoms with van der Waals surface area (Å²) < 4.78 is 31.0. The first-order valence-corrected chi connectivity index (χ1v) is 5.33. The SMILES string of the molecule is C=CC(=O)NC(CC)CS(=O)(=O)[O-].[K+]. The molecule has 0 rings (SSSR count). The van der Waals surface area contributed by atoms with E-state index < -0.39 is 27.8 Å². The Labute approximate surface area is 127 Å². The largest absolute Gasteiger partial charge is 1.00 e. The second kappa shape index (κ2) is 7.97. The van der Waals surface area contributed by atoms with E-state index in [4.69, 9.17) is 0 Å². The number of carbonyl (C=O) groups excluding carboxylic acids is 1. The number of hydrogen-bond acceptors (Lipinski definition) is 4. The summed E-state index contributed by atoms with van der Waals surface area (Å²) in [6.45, 7) is 4.88. The van der Waals surface area contributed by atoms with Crippen molar-refractivity contribution < 1.29 is 69.1 Å². The van der Waals surface area contributed by atoms with Gasteiger partial charge in [0, 0.05) is 6.04 Å². The van der Waals surface area contributed by atoms with E-state index >= 15 is 0 Å². The summed E-state index contributed by atoms with van der Waals surface area (Å²) in [4.78, 5) is 10.7. The Bertz CT molecular complexity index is 288. The predicted octanol–water partition coefficient (Wildman–Crippen LogP) is -3.38. The van der Waals surface area contributed by atoms with Crippen molar-refractivity contribution in [2.75, 3.05) is 5.75 Å². The molecule has 0 fully saturated rings. The van der Waals surface area contributed by atoms with Gasteiger partial charge in [-0.2, -0.15) is 0 Å². The molecule has 0 aliphatic heterocycles. The summed E-state index contributed by atoms with van der Waals surface area (Å²) in [5, 5.41) is 2.34. The van der Waals surface area contributed by atoms with E-state index in [1.165, 1.54) is 0 Å². The maximum atomic E-state index is 10.7. The number of amides is 1. The average Bonchev–Trinajstić information content (AvgIpc) is 2.00. The van der Waals surface area contributed by atoms with Gasteiger partial charge in [0.15, 0.2) is 0 Å². The van der Waals surface area contributed by atoms with E-state index in [1.807, 2.05) is 0 Å². The normalized spacial score (nSPS) is 12.4. The van der Waals surface area contributed by atoms with E-state index in [0.717, 1.165) is 6.08 Å². The molecule has 0 spiro atoms. The van der Waals surface area contributed by atoms with Crippen LogP contribution in [0.4, 0.5) is 0 Å². The van der Waals surface area contributed by atoms with Gasteiger partial charge in [-0.1, -0.05) is 13.5 Å². The molecule has 14 heavy (non-hydrogen) atoms. The van der Waals surface area contributed by atoms with Crippen LogP contribution >= 0.6 is 0 Å². The summed E-state index contributed by atoms with van der Waals surface area (Å²) in [6, 6.07) is -0.631. The predicted molar refractivity (Wildman–Crippen MR) is 47.0 cm³/mol. The summed E-state index contributed by atoms with van der Waals surface area (Å²) in [5.74, 6) is -1.06. The van der Waals surface area contributed by atoms with Crippen molar-refractivity contribution in [1.82, 2.24) is 5.32 Å². The van der Waals surface area contributed by atoms with Gasteiger partial charge >= 0.3 is 51.4 Å². The first-order valence-electron chi connectivity index (χ1n) is 3.75. The summed E-state index contributed by atoms with van der Waals surface area (Å²) >= 11 is 0. The molecule has 1 atom stereocenters. The van der Waals surface area contributed by atoms with Gasteiger partial charge < -0.3 is 9.87 Å². The zero-order chi connectivity index (χ0) is 10.5. The van der Waals surface area contributed by atoms with Crippen LogP contribution in [0.25, 0.3) is 0 Å². The number of carbonyl (C=O) groups is 1. The van der Waals surface area contributed by atoms with Crippen LogP contribution < -0.4 is 56.7 Å². The molecule has 76 valence electrons. The van der Waals surface area contributed by atoms with Crippen LogP contribution in [0.15, 0.2) is 12.7 Å². The zero-order valence-electron chi connectivity index (χ0n) is 8.32. The molecule has 0 aromatic carbocycles. The summed E-state index contributed by atoms with van der Waals surface area (Å²) in [7, 11) is -4.29. The second-order valence-corrected chi connectivity index (χ2v) is 3.99. The molecule has 1 unspecified atom stereocenters. The van der Waals surface area contributed by atoms with Crippen LogP contribution in [-0.4, -0.2) is 30.7 Å². The van der Waals surface area contributed by atoms with Crippen molar-refractivity contribution in [3.8, 4) is 0 Å². The third kappa shape index (κ3) is 9.32. The Morgan fingerprint density at radius 2 is 2.14 bits per heavy atom. The van der Waals surface area contributed by atoms with Gasteiger partial charge in [-0.05, 0) is 12.5 Å². The maximum absolute atomic E-state index is 10.7. The number of hydrogen-bond donors (Lipinski definition) is 1. The summed E-state index contributed by atoms with van der Waals surface area (Å²) in [6.07, 6.45) is 1.42. The van der Waals surface area contributed by atoms with Crippen LogP contribution in [0.5, 0.6) is 0 Å². The fraction of sp³-hybridized carbons (Fsp3) is 0.571. The fourth-order valence-electron chi connectivity index (χ4n) is 0.768. The van der Waals surface area contributed by atoms with Crippen LogP contribution in [-0.2, 0) is 14.9 Å². The maximum Gasteiger partial charge on any atom is 1.00 e. The van der Waals surface area contributed by atoms with Crippen molar-refractivity contribution in [2.45, 2.75) is 19.4 Å². The molecule has 0 aliphatic rings. The van der Waals surface area contributed by atoms with Crippen LogP contribution in [0.3, 0.4) is 0 Å². The third-order valence-electron chi connectivity index (χ3n) is 1.43. The van der Waals surface area contributed by atoms with Gasteiger partial charge in [-0.3, -0.25) is 4.79 Å². The molecule has 0 radical (unpaired) electrons. The van der Waals surface area contributed by atoms with Crippen molar-refractivity contribution in [1.29, 1.82) is 0 Å². The van der Waals surface area contributed by atoms with E-state index in [0.29, 0.717) is 6.42 Å². The topological polar surface area (TPSA) is 86.3 Å². The minimum absolute atomic E-state index is 0. The van der Waals surface area contributed by atoms with Crippen molar-refractivity contribution in [3.05, 3.63) is 12.7 Å². The van der Waals surface area contributed by atoms with E-state index in [1.54, 1.807) is 6.92 Å². The van der Waals surface area contributed by atoms with Gasteiger partial charge in [0.2, 0.25) is 5.91 Å². The second-order valence-electron chi connectivity index (χ2n) is 2.54. The Kier molecular flexibility index (Phi) is 9.77. The first kappa shape index (κ1) is 17.2. The molecule has 0 aliphatic carbocycles. The molecule has 7 heteroatoms. The molecule has 1 amide bonds. The minimum atomic E-state index is -4.29. The Morgan fingerprint density at radius 3 is 2.43 bits per heavy atom. The van der Waals surface area contributed by atoms with Gasteiger partial charge in [-0.25, -0.2) is 8.42 Å². The molecular formula is C7H12KNO4S. The van der Waals surface area contributed by atoms with Gasteiger partial charge in [-0.15, -0.1) is 0 Å². The van der Waals surface area contributed by atoms with E-state index in [-0.39, 0.29) is 51.4 Å². The third-order valence-corrected chi connectivity index (χ3v) is 2.24. The quantitative estimate of drug-likeness (QED) is 0.311. The van der Waals surface area contributed by atoms with Gasteiger partial charge in [0.1, 0.15) is 0 Å². The standard InChI is InChI=1S/C7H13NO4S.K/c1-3-6(5-13(10,11)12)8-7(9)4-2;/h4,6H,2-3,5H2,1H3,(H,8,9)(H,10,11,12);/q;+1/p-1. The summed E-state index contributed by atoms with van der Waals surface area (Å²) in [5.41, 5.74) is 0. The molecule has 0 saturated carbocycles. The van der Waals surface area contributed by atoms with Crippen molar-refractivity contribution in [2.24, 2.45) is 0 Å². The Hall–Kier alpha value is 0.756. The first-order chi connectivity index (χ1) is 5.89. The van der Waals surface area contributed by atoms with E-state index in [9.17, 15) is 17.8 Å². The number of nitrogens with one attached hydrogen (secondary N) is 1. The minimum Gasteiger partial charge on any atom is -0.748 e. The number of rotatable bonds is 5. The van der Waals surface area contributed by atoms with Crippen molar-refractivity contribution in [3.63, 3.8) is 0 Å². The Morgan fingerprint density at radius 1 is 1.64 bits per heavy atom. The Balaban J connectivity index is 0. The van der Waals surface area contributed by atoms with Crippen LogP contribution in [0.1, 0.15) is 13.3 Å². The smallest absolute Gasteiger partial charge is 0.748 e. The monoisotopic (exact) mass is 245 g/mol. The van der Waals surface area contributed by atoms with E-state index in [2.05, 4.69) is 11.9 Å². The molecule has 1 N–H and O–H groups in total. The average molecular weight is 245 g/mol. The molecule has 5 nitrogen and oxygen atoms in total. The molecule has 0 bridgehead atoms.